The van der Waals surface area contributed by atoms with E-state index in [0.717, 1.165) is 11.6 Å². The predicted molar refractivity (Wildman–Crippen MR) is 125 cm³/mol. The van der Waals surface area contributed by atoms with E-state index in [2.05, 4.69) is 0 Å². The molecule has 0 saturated carbocycles. The third-order valence-electron chi connectivity index (χ3n) is 4.84. The van der Waals surface area contributed by atoms with Crippen LogP contribution in [0.4, 0.5) is 4.79 Å². The van der Waals surface area contributed by atoms with Gasteiger partial charge >= 0.3 is 22.2 Å². The largest absolute Gasteiger partial charge is 0.459 e. The lowest BCUT2D eigenvalue weighted by Crippen LogP contribution is -2.52. The van der Waals surface area contributed by atoms with E-state index in [4.69, 9.17) is 13.7 Å². The van der Waals surface area contributed by atoms with Crippen molar-refractivity contribution >= 4 is 28.1 Å². The second kappa shape index (κ2) is 10.3. The number of hydrogen-bond acceptors (Lipinski definition) is 8. The summed E-state index contributed by atoms with van der Waals surface area (Å²) in [6.45, 7) is 6.53. The number of amides is 2. The fourth-order valence-corrected chi connectivity index (χ4v) is 4.16. The molecule has 9 nitrogen and oxygen atoms in total. The molecular formula is C25H27NO8S. The summed E-state index contributed by atoms with van der Waals surface area (Å²) in [5, 5.41) is 0. The summed E-state index contributed by atoms with van der Waals surface area (Å²) >= 11 is 0. The number of carbonyl (C=O) groups excluding carboxylic acids is 3. The Kier molecular flexibility index (Phi) is 7.64. The molecular weight excluding hydrogens is 474 g/mol. The highest BCUT2D eigenvalue weighted by Crippen LogP contribution is 2.27. The van der Waals surface area contributed by atoms with Crippen molar-refractivity contribution in [3.05, 3.63) is 77.6 Å². The number of carbonyl (C=O) groups is 3. The van der Waals surface area contributed by atoms with Gasteiger partial charge in [-0.05, 0) is 45.4 Å². The molecule has 0 fully saturated rings. The van der Waals surface area contributed by atoms with E-state index in [-0.39, 0.29) is 17.3 Å². The molecule has 35 heavy (non-hydrogen) atoms. The van der Waals surface area contributed by atoms with Crippen molar-refractivity contribution in [3.8, 4) is 0 Å². The number of hydrogen-bond donors (Lipinski definition) is 0. The smallest absolute Gasteiger partial charge is 0.418 e. The van der Waals surface area contributed by atoms with Crippen LogP contribution in [0.1, 0.15) is 38.3 Å². The van der Waals surface area contributed by atoms with Gasteiger partial charge in [0.15, 0.2) is 0 Å². The lowest BCUT2D eigenvalue weighted by molar-refractivity contribution is -0.155. The first-order valence-corrected chi connectivity index (χ1v) is 12.2. The first-order valence-electron chi connectivity index (χ1n) is 10.8. The number of esters is 1. The van der Waals surface area contributed by atoms with Gasteiger partial charge in [-0.25, -0.2) is 14.5 Å². The van der Waals surface area contributed by atoms with Gasteiger partial charge in [0.05, 0.1) is 0 Å². The van der Waals surface area contributed by atoms with E-state index in [1.54, 1.807) is 70.2 Å². The molecule has 0 N–H and O–H groups in total. The number of rotatable bonds is 6. The SMILES string of the molecule is Cc1ccc(S(=O)(=O)OC2=CC(=O)N(C(=O)OC(C)(C)C)[C@H](C(=O)OCc3ccccc3)C2)cc1. The average molecular weight is 502 g/mol. The highest BCUT2D eigenvalue weighted by atomic mass is 32.2. The molecule has 2 amide bonds. The van der Waals surface area contributed by atoms with E-state index in [1.165, 1.54) is 12.1 Å². The first kappa shape index (κ1) is 26.0. The minimum absolute atomic E-state index is 0.103. The summed E-state index contributed by atoms with van der Waals surface area (Å²) < 4.78 is 41.2. The van der Waals surface area contributed by atoms with E-state index >= 15 is 0 Å². The third-order valence-corrected chi connectivity index (χ3v) is 6.12. The summed E-state index contributed by atoms with van der Waals surface area (Å²) in [4.78, 5) is 39.1. The van der Waals surface area contributed by atoms with E-state index in [9.17, 15) is 22.8 Å². The molecule has 0 bridgehead atoms. The molecule has 0 unspecified atom stereocenters. The number of imide groups is 1. The fourth-order valence-electron chi connectivity index (χ4n) is 3.20. The van der Waals surface area contributed by atoms with Gasteiger partial charge in [-0.15, -0.1) is 0 Å². The minimum Gasteiger partial charge on any atom is -0.459 e. The van der Waals surface area contributed by atoms with E-state index in [1.807, 2.05) is 0 Å². The van der Waals surface area contributed by atoms with E-state index < -0.39 is 46.2 Å². The number of nitrogens with zero attached hydrogens (tertiary/aromatic N) is 1. The average Bonchev–Trinajstić information content (AvgIpc) is 2.76. The van der Waals surface area contributed by atoms with Gasteiger partial charge in [0.2, 0.25) is 0 Å². The number of ether oxygens (including phenoxy) is 2. The molecule has 0 aromatic heterocycles. The maximum Gasteiger partial charge on any atom is 0.418 e. The molecule has 2 aromatic rings. The van der Waals surface area contributed by atoms with Crippen molar-refractivity contribution in [1.29, 1.82) is 0 Å². The highest BCUT2D eigenvalue weighted by molar-refractivity contribution is 7.86. The lowest BCUT2D eigenvalue weighted by atomic mass is 10.1. The maximum atomic E-state index is 13.0. The molecule has 1 atom stereocenters. The van der Waals surface area contributed by atoms with Crippen LogP contribution in [0.15, 0.2) is 71.3 Å². The van der Waals surface area contributed by atoms with Crippen molar-refractivity contribution in [2.45, 2.75) is 57.3 Å². The van der Waals surface area contributed by atoms with E-state index in [0.29, 0.717) is 10.5 Å². The van der Waals surface area contributed by atoms with Gasteiger partial charge < -0.3 is 13.7 Å². The van der Waals surface area contributed by atoms with Crippen molar-refractivity contribution in [2.24, 2.45) is 0 Å². The number of aryl methyl sites for hydroxylation is 1. The maximum absolute atomic E-state index is 13.0. The fraction of sp³-hybridized carbons (Fsp3) is 0.320. The second-order valence-electron chi connectivity index (χ2n) is 8.96. The Balaban J connectivity index is 1.86. The molecule has 0 spiro atoms. The molecule has 3 rings (SSSR count). The Morgan fingerprint density at radius 3 is 2.26 bits per heavy atom. The van der Waals surface area contributed by atoms with Gasteiger partial charge in [0.25, 0.3) is 5.91 Å². The summed E-state index contributed by atoms with van der Waals surface area (Å²) in [6.07, 6.45) is -0.596. The molecule has 1 aliphatic rings. The zero-order chi connectivity index (χ0) is 25.8. The van der Waals surface area contributed by atoms with Gasteiger partial charge in [-0.3, -0.25) is 4.79 Å². The highest BCUT2D eigenvalue weighted by Gasteiger charge is 2.42. The zero-order valence-electron chi connectivity index (χ0n) is 19.9. The van der Waals surface area contributed by atoms with Crippen LogP contribution in [0.3, 0.4) is 0 Å². The third kappa shape index (κ3) is 6.92. The normalized spacial score (nSPS) is 16.3. The van der Waals surface area contributed by atoms with Crippen LogP contribution in [0.25, 0.3) is 0 Å². The van der Waals surface area contributed by atoms with Gasteiger partial charge in [-0.1, -0.05) is 48.0 Å². The topological polar surface area (TPSA) is 116 Å². The van der Waals surface area contributed by atoms with Gasteiger partial charge in [-0.2, -0.15) is 8.42 Å². The minimum atomic E-state index is -4.28. The van der Waals surface area contributed by atoms with Crippen LogP contribution < -0.4 is 0 Å². The summed E-state index contributed by atoms with van der Waals surface area (Å²) in [6, 6.07) is 13.3. The molecule has 0 radical (unpaired) electrons. The zero-order valence-corrected chi connectivity index (χ0v) is 20.7. The molecule has 1 aliphatic heterocycles. The van der Waals surface area contributed by atoms with Crippen molar-refractivity contribution in [2.75, 3.05) is 0 Å². The lowest BCUT2D eigenvalue weighted by Gasteiger charge is -2.33. The van der Waals surface area contributed by atoms with Gasteiger partial charge in [0.1, 0.15) is 28.9 Å². The van der Waals surface area contributed by atoms with Crippen LogP contribution in [-0.4, -0.2) is 42.9 Å². The monoisotopic (exact) mass is 501 g/mol. The predicted octanol–water partition coefficient (Wildman–Crippen LogP) is 3.86. The molecule has 10 heteroatoms. The first-order chi connectivity index (χ1) is 16.4. The van der Waals surface area contributed by atoms with Crippen LogP contribution in [-0.2, 0) is 40.0 Å². The van der Waals surface area contributed by atoms with Gasteiger partial charge in [0, 0.05) is 12.5 Å². The molecule has 0 aliphatic carbocycles. The Bertz CT molecular complexity index is 1230. The number of benzene rings is 2. The Labute approximate surface area is 204 Å². The van der Waals surface area contributed by atoms with Crippen molar-refractivity contribution < 1.29 is 36.5 Å². The molecule has 0 saturated heterocycles. The second-order valence-corrected chi connectivity index (χ2v) is 10.5. The standard InChI is InChI=1S/C25H27NO8S/c1-17-10-12-20(13-11-17)35(30,31)34-19-14-21(23(28)32-16-18-8-6-5-7-9-18)26(22(27)15-19)24(29)33-25(2,3)4/h5-13,15,21H,14,16H2,1-4H3/t21-/m0/s1. The van der Waals surface area contributed by atoms with Crippen molar-refractivity contribution in [1.82, 2.24) is 4.90 Å². The Morgan fingerprint density at radius 1 is 1.03 bits per heavy atom. The van der Waals surface area contributed by atoms with Crippen LogP contribution in [0.2, 0.25) is 0 Å². The Morgan fingerprint density at radius 2 is 1.66 bits per heavy atom. The van der Waals surface area contributed by atoms with Crippen LogP contribution >= 0.6 is 0 Å². The summed E-state index contributed by atoms with van der Waals surface area (Å²) in [7, 11) is -4.28. The summed E-state index contributed by atoms with van der Waals surface area (Å²) in [5.41, 5.74) is 0.608. The summed E-state index contributed by atoms with van der Waals surface area (Å²) in [5.74, 6) is -2.16. The van der Waals surface area contributed by atoms with Crippen LogP contribution in [0, 0.1) is 6.92 Å². The molecule has 186 valence electrons. The van der Waals surface area contributed by atoms with Crippen LogP contribution in [0.5, 0.6) is 0 Å². The van der Waals surface area contributed by atoms with Crippen molar-refractivity contribution in [3.63, 3.8) is 0 Å². The molecule has 1 heterocycles. The molecule has 2 aromatic carbocycles. The Hall–Kier alpha value is -3.66. The quantitative estimate of drug-likeness (QED) is 0.433.